The van der Waals surface area contributed by atoms with Crippen LogP contribution in [0.2, 0.25) is 0 Å². The number of fused-ring (bicyclic) bond motifs is 1. The van der Waals surface area contributed by atoms with Crippen molar-refractivity contribution in [3.63, 3.8) is 0 Å². The number of rotatable bonds is 8. The van der Waals surface area contributed by atoms with Gasteiger partial charge in [0.15, 0.2) is 15.4 Å². The number of hydrogen-bond acceptors (Lipinski definition) is 7. The molecule has 0 radical (unpaired) electrons. The summed E-state index contributed by atoms with van der Waals surface area (Å²) in [5, 5.41) is 12.2. The highest BCUT2D eigenvalue weighted by atomic mass is 32.2. The summed E-state index contributed by atoms with van der Waals surface area (Å²) in [6.07, 6.45) is 1.63. The molecule has 1 saturated carbocycles. The van der Waals surface area contributed by atoms with Crippen LogP contribution >= 0.6 is 0 Å². The van der Waals surface area contributed by atoms with Crippen LogP contribution in [0.1, 0.15) is 41.3 Å². The number of anilines is 2. The second kappa shape index (κ2) is 10.1. The zero-order valence-corrected chi connectivity index (χ0v) is 22.7. The molecule has 0 bridgehead atoms. The molecule has 0 aliphatic heterocycles. The van der Waals surface area contributed by atoms with Gasteiger partial charge in [0.25, 0.3) is 5.56 Å². The third kappa shape index (κ3) is 5.14. The lowest BCUT2D eigenvalue weighted by molar-refractivity contribution is 0.319. The highest BCUT2D eigenvalue weighted by Gasteiger charge is 2.31. The summed E-state index contributed by atoms with van der Waals surface area (Å²) in [7, 11) is -3.54. The van der Waals surface area contributed by atoms with E-state index in [2.05, 4.69) is 5.32 Å². The molecule has 0 atom stereocenters. The molecule has 2 N–H and O–H groups in total. The average molecular weight is 553 g/mol. The fourth-order valence-corrected chi connectivity index (χ4v) is 6.08. The predicted molar refractivity (Wildman–Crippen MR) is 149 cm³/mol. The van der Waals surface area contributed by atoms with E-state index in [9.17, 15) is 22.4 Å². The number of halogens is 1. The Labute approximate surface area is 224 Å². The zero-order valence-electron chi connectivity index (χ0n) is 21.9. The molecule has 204 valence electrons. The molecule has 0 unspecified atom stereocenters. The van der Waals surface area contributed by atoms with Crippen LogP contribution in [-0.2, 0) is 15.6 Å². The van der Waals surface area contributed by atoms with Crippen LogP contribution in [0.4, 0.5) is 15.8 Å². The Morgan fingerprint density at radius 2 is 1.85 bits per heavy atom. The van der Waals surface area contributed by atoms with Gasteiger partial charge in [0.05, 0.1) is 35.1 Å². The number of pyridine rings is 1. The molecule has 4 aromatic rings. The van der Waals surface area contributed by atoms with Crippen LogP contribution in [0, 0.1) is 26.6 Å². The quantitative estimate of drug-likeness (QED) is 0.326. The minimum Gasteiger partial charge on any atom is -0.421 e. The Kier molecular flexibility index (Phi) is 6.94. The molecule has 2 aromatic carbocycles. The molecule has 0 spiro atoms. The number of hydrogen-bond donors (Lipinski definition) is 2. The van der Waals surface area contributed by atoms with Crippen LogP contribution in [0.5, 0.6) is 0 Å². The van der Waals surface area contributed by atoms with Crippen molar-refractivity contribution in [1.82, 2.24) is 4.57 Å². The molecule has 0 saturated heterocycles. The van der Waals surface area contributed by atoms with Gasteiger partial charge < -0.3 is 19.4 Å². The molecule has 0 amide bonds. The number of aliphatic hydroxyl groups is 1. The van der Waals surface area contributed by atoms with Gasteiger partial charge in [-0.25, -0.2) is 17.6 Å². The summed E-state index contributed by atoms with van der Waals surface area (Å²) in [4.78, 5) is 27.0. The van der Waals surface area contributed by atoms with Crippen LogP contribution in [0.15, 0.2) is 56.5 Å². The molecule has 10 heteroatoms. The van der Waals surface area contributed by atoms with Crippen molar-refractivity contribution >= 4 is 32.2 Å². The first-order valence-corrected chi connectivity index (χ1v) is 14.5. The van der Waals surface area contributed by atoms with Crippen molar-refractivity contribution in [2.45, 2.75) is 45.4 Å². The summed E-state index contributed by atoms with van der Waals surface area (Å²) >= 11 is 0. The van der Waals surface area contributed by atoms with Crippen LogP contribution in [-0.4, -0.2) is 30.5 Å². The molecular formula is C29H29FN2O6S. The van der Waals surface area contributed by atoms with Gasteiger partial charge in [0.1, 0.15) is 11.2 Å². The molecule has 8 nitrogen and oxygen atoms in total. The topological polar surface area (TPSA) is 119 Å². The van der Waals surface area contributed by atoms with E-state index in [1.54, 1.807) is 54.8 Å². The average Bonchev–Trinajstić information content (AvgIpc) is 3.68. The normalized spacial score (nSPS) is 13.7. The van der Waals surface area contributed by atoms with Crippen molar-refractivity contribution in [2.24, 2.45) is 0 Å². The molecule has 39 heavy (non-hydrogen) atoms. The van der Waals surface area contributed by atoms with E-state index in [-0.39, 0.29) is 51.0 Å². The summed E-state index contributed by atoms with van der Waals surface area (Å²) in [5.41, 5.74) is 2.32. The number of nitrogens with zero attached hydrogens (tertiary/aromatic N) is 1. The van der Waals surface area contributed by atoms with E-state index in [0.29, 0.717) is 22.4 Å². The van der Waals surface area contributed by atoms with Crippen LogP contribution < -0.4 is 16.5 Å². The molecule has 1 aliphatic carbocycles. The van der Waals surface area contributed by atoms with Gasteiger partial charge in [-0.1, -0.05) is 24.3 Å². The van der Waals surface area contributed by atoms with E-state index in [0.717, 1.165) is 18.4 Å². The highest BCUT2D eigenvalue weighted by molar-refractivity contribution is 7.90. The third-order valence-corrected chi connectivity index (χ3v) is 8.61. The van der Waals surface area contributed by atoms with E-state index >= 15 is 0 Å². The van der Waals surface area contributed by atoms with Gasteiger partial charge >= 0.3 is 5.63 Å². The molecule has 5 rings (SSSR count). The maximum Gasteiger partial charge on any atom is 0.341 e. The minimum absolute atomic E-state index is 0.0232. The van der Waals surface area contributed by atoms with Crippen LogP contribution in [0.3, 0.4) is 0 Å². The van der Waals surface area contributed by atoms with Crippen molar-refractivity contribution in [3.05, 3.63) is 91.4 Å². The highest BCUT2D eigenvalue weighted by Crippen LogP contribution is 2.41. The molecule has 1 fully saturated rings. The SMILES string of the molecule is Cc1ccc(Nc2c(C)c(=O)oc3c(-c4cccc(CS(=O)(=O)CCO)c4)c(C)n(C4CC4)c(=O)c23)c(F)c1. The maximum atomic E-state index is 14.8. The summed E-state index contributed by atoms with van der Waals surface area (Å²) < 4.78 is 47.0. The van der Waals surface area contributed by atoms with Gasteiger partial charge in [-0.05, 0) is 68.5 Å². The Bertz CT molecular complexity index is 1840. The minimum atomic E-state index is -3.54. The first kappa shape index (κ1) is 26.8. The second-order valence-corrected chi connectivity index (χ2v) is 12.3. The Hall–Kier alpha value is -3.76. The largest absolute Gasteiger partial charge is 0.421 e. The molecular weight excluding hydrogens is 523 g/mol. The smallest absolute Gasteiger partial charge is 0.341 e. The monoisotopic (exact) mass is 552 g/mol. The number of sulfone groups is 1. The van der Waals surface area contributed by atoms with Gasteiger partial charge in [-0.2, -0.15) is 0 Å². The fourth-order valence-electron chi connectivity index (χ4n) is 4.97. The van der Waals surface area contributed by atoms with E-state index in [4.69, 9.17) is 9.52 Å². The summed E-state index contributed by atoms with van der Waals surface area (Å²) in [5.74, 6) is -1.16. The van der Waals surface area contributed by atoms with Crippen molar-refractivity contribution in [1.29, 1.82) is 0 Å². The van der Waals surface area contributed by atoms with Crippen molar-refractivity contribution in [2.75, 3.05) is 17.7 Å². The fraction of sp³-hybridized carbons (Fsp3) is 0.310. The molecule has 2 aromatic heterocycles. The number of aryl methyl sites for hydroxylation is 1. The first-order chi connectivity index (χ1) is 18.5. The lowest BCUT2D eigenvalue weighted by atomic mass is 9.98. The lowest BCUT2D eigenvalue weighted by Crippen LogP contribution is -2.25. The summed E-state index contributed by atoms with van der Waals surface area (Å²) in [6.45, 7) is 4.58. The predicted octanol–water partition coefficient (Wildman–Crippen LogP) is 4.67. The zero-order chi connectivity index (χ0) is 28.1. The Balaban J connectivity index is 1.79. The third-order valence-electron chi connectivity index (χ3n) is 7.04. The van der Waals surface area contributed by atoms with E-state index in [1.165, 1.54) is 13.0 Å². The maximum absolute atomic E-state index is 14.8. The standard InChI is InChI=1S/C29H29FN2O6S/c1-16-7-10-23(22(30)13-16)31-26-17(2)29(35)38-27-24(18(3)32(21-8-9-21)28(34)25(26)27)20-6-4-5-19(14-20)15-39(36,37)12-11-33/h4-7,10,13-14,21,31,33H,8-9,11-12,15H2,1-3H3. The second-order valence-electron chi connectivity index (χ2n) is 10.1. The summed E-state index contributed by atoms with van der Waals surface area (Å²) in [6, 6.07) is 11.4. The van der Waals surface area contributed by atoms with Gasteiger partial charge in [0, 0.05) is 17.3 Å². The number of aromatic nitrogens is 1. The first-order valence-electron chi connectivity index (χ1n) is 12.7. The molecule has 2 heterocycles. The Morgan fingerprint density at radius 1 is 1.10 bits per heavy atom. The van der Waals surface area contributed by atoms with E-state index < -0.39 is 27.9 Å². The van der Waals surface area contributed by atoms with E-state index in [1.807, 2.05) is 0 Å². The number of nitrogens with one attached hydrogen (secondary N) is 1. The lowest BCUT2D eigenvalue weighted by Gasteiger charge is -2.19. The van der Waals surface area contributed by atoms with Gasteiger partial charge in [-0.15, -0.1) is 0 Å². The Morgan fingerprint density at radius 3 is 2.51 bits per heavy atom. The number of benzene rings is 2. The van der Waals surface area contributed by atoms with Crippen molar-refractivity contribution < 1.29 is 22.3 Å². The number of aliphatic hydroxyl groups excluding tert-OH is 1. The van der Waals surface area contributed by atoms with Crippen molar-refractivity contribution in [3.8, 4) is 11.1 Å². The van der Waals surface area contributed by atoms with Gasteiger partial charge in [-0.3, -0.25) is 4.79 Å². The van der Waals surface area contributed by atoms with Crippen LogP contribution in [0.25, 0.3) is 22.1 Å². The van der Waals surface area contributed by atoms with Gasteiger partial charge in [0.2, 0.25) is 0 Å². The molecule has 1 aliphatic rings.